The zero-order valence-electron chi connectivity index (χ0n) is 10.8. The normalized spacial score (nSPS) is 16.8. The molecule has 1 aromatic rings. The highest BCUT2D eigenvalue weighted by Crippen LogP contribution is 2.24. The van der Waals surface area contributed by atoms with Gasteiger partial charge in [0.1, 0.15) is 0 Å². The highest BCUT2D eigenvalue weighted by atomic mass is 35.5. The molecule has 2 rings (SSSR count). The maximum absolute atomic E-state index is 9.12. The van der Waals surface area contributed by atoms with Gasteiger partial charge in [-0.15, -0.1) is 0 Å². The predicted molar refractivity (Wildman–Crippen MR) is 74.5 cm³/mol. The van der Waals surface area contributed by atoms with Crippen molar-refractivity contribution in [2.45, 2.75) is 44.7 Å². The van der Waals surface area contributed by atoms with Crippen LogP contribution in [0.25, 0.3) is 0 Å². The first-order chi connectivity index (χ1) is 8.70. The van der Waals surface area contributed by atoms with Gasteiger partial charge in [-0.1, -0.05) is 30.9 Å². The van der Waals surface area contributed by atoms with Crippen LogP contribution < -0.4 is 0 Å². The summed E-state index contributed by atoms with van der Waals surface area (Å²) in [6, 6.07) is 8.41. The fourth-order valence-electron chi connectivity index (χ4n) is 2.72. The van der Waals surface area contributed by atoms with Gasteiger partial charge >= 0.3 is 0 Å². The summed E-state index contributed by atoms with van der Waals surface area (Å²) in [6.07, 6.45) is 6.58. The SMILES string of the molecule is CN(Cc1cc(Cl)ccc1C#N)C1CCCCC1. The largest absolute Gasteiger partial charge is 0.299 e. The predicted octanol–water partition coefficient (Wildman–Crippen LogP) is 3.98. The lowest BCUT2D eigenvalue weighted by molar-refractivity contribution is 0.184. The smallest absolute Gasteiger partial charge is 0.0995 e. The Kier molecular flexibility index (Phi) is 4.63. The Morgan fingerprint density at radius 3 is 2.72 bits per heavy atom. The van der Waals surface area contributed by atoms with E-state index in [-0.39, 0.29) is 0 Å². The van der Waals surface area contributed by atoms with Crippen LogP contribution >= 0.6 is 11.6 Å². The van der Waals surface area contributed by atoms with Crippen molar-refractivity contribution in [1.29, 1.82) is 5.26 Å². The lowest BCUT2D eigenvalue weighted by Gasteiger charge is -2.31. The summed E-state index contributed by atoms with van der Waals surface area (Å²) in [5.74, 6) is 0. The number of hydrogen-bond acceptors (Lipinski definition) is 2. The van der Waals surface area contributed by atoms with Crippen LogP contribution in [0, 0.1) is 11.3 Å². The highest BCUT2D eigenvalue weighted by Gasteiger charge is 2.18. The maximum atomic E-state index is 9.12. The summed E-state index contributed by atoms with van der Waals surface area (Å²) >= 11 is 6.02. The summed E-state index contributed by atoms with van der Waals surface area (Å²) in [7, 11) is 2.15. The van der Waals surface area contributed by atoms with Crippen LogP contribution in [-0.4, -0.2) is 18.0 Å². The maximum Gasteiger partial charge on any atom is 0.0995 e. The number of benzene rings is 1. The molecule has 1 saturated carbocycles. The molecule has 0 bridgehead atoms. The van der Waals surface area contributed by atoms with Crippen LogP contribution in [0.2, 0.25) is 5.02 Å². The van der Waals surface area contributed by atoms with E-state index in [4.69, 9.17) is 16.9 Å². The summed E-state index contributed by atoms with van der Waals surface area (Å²) < 4.78 is 0. The van der Waals surface area contributed by atoms with Crippen LogP contribution in [0.1, 0.15) is 43.2 Å². The second kappa shape index (κ2) is 6.22. The van der Waals surface area contributed by atoms with E-state index in [1.54, 1.807) is 6.07 Å². The monoisotopic (exact) mass is 262 g/mol. The van der Waals surface area contributed by atoms with Crippen LogP contribution in [-0.2, 0) is 6.54 Å². The van der Waals surface area contributed by atoms with Crippen LogP contribution in [0.4, 0.5) is 0 Å². The molecule has 1 fully saturated rings. The van der Waals surface area contributed by atoms with E-state index in [0.717, 1.165) is 17.7 Å². The van der Waals surface area contributed by atoms with Crippen LogP contribution in [0.15, 0.2) is 18.2 Å². The second-order valence-electron chi connectivity index (χ2n) is 5.12. The second-order valence-corrected chi connectivity index (χ2v) is 5.56. The van der Waals surface area contributed by atoms with Gasteiger partial charge in [-0.3, -0.25) is 4.90 Å². The molecule has 0 unspecified atom stereocenters. The van der Waals surface area contributed by atoms with Crippen LogP contribution in [0.5, 0.6) is 0 Å². The molecule has 1 aliphatic rings. The Bertz CT molecular complexity index is 444. The van der Waals surface area contributed by atoms with Gasteiger partial charge in [0, 0.05) is 17.6 Å². The average molecular weight is 263 g/mol. The van der Waals surface area contributed by atoms with E-state index in [0.29, 0.717) is 11.1 Å². The number of rotatable bonds is 3. The summed E-state index contributed by atoms with van der Waals surface area (Å²) in [5, 5.41) is 9.83. The Morgan fingerprint density at radius 1 is 1.33 bits per heavy atom. The molecule has 0 aliphatic heterocycles. The van der Waals surface area contributed by atoms with Crippen molar-refractivity contribution in [3.63, 3.8) is 0 Å². The third-order valence-electron chi connectivity index (χ3n) is 3.81. The first kappa shape index (κ1) is 13.4. The van der Waals surface area contributed by atoms with E-state index < -0.39 is 0 Å². The van der Waals surface area contributed by atoms with Gasteiger partial charge in [-0.05, 0) is 43.7 Å². The molecule has 18 heavy (non-hydrogen) atoms. The third kappa shape index (κ3) is 3.25. The molecular weight excluding hydrogens is 244 g/mol. The Labute approximate surface area is 114 Å². The van der Waals surface area contributed by atoms with E-state index >= 15 is 0 Å². The standard InChI is InChI=1S/C15H19ClN2/c1-18(15-5-3-2-4-6-15)11-13-9-14(16)8-7-12(13)10-17/h7-9,15H,2-6,11H2,1H3. The van der Waals surface area contributed by atoms with Gasteiger partial charge in [0.25, 0.3) is 0 Å². The Morgan fingerprint density at radius 2 is 2.06 bits per heavy atom. The third-order valence-corrected chi connectivity index (χ3v) is 4.04. The van der Waals surface area contributed by atoms with Crippen molar-refractivity contribution in [1.82, 2.24) is 4.90 Å². The molecule has 0 N–H and O–H groups in total. The fraction of sp³-hybridized carbons (Fsp3) is 0.533. The molecule has 0 saturated heterocycles. The Balaban J connectivity index is 2.08. The van der Waals surface area contributed by atoms with Gasteiger partial charge in [0.05, 0.1) is 11.6 Å². The van der Waals surface area contributed by atoms with Crippen molar-refractivity contribution in [3.05, 3.63) is 34.3 Å². The molecule has 0 aromatic heterocycles. The summed E-state index contributed by atoms with van der Waals surface area (Å²) in [4.78, 5) is 2.37. The summed E-state index contributed by atoms with van der Waals surface area (Å²) in [6.45, 7) is 0.814. The molecule has 0 heterocycles. The first-order valence-corrected chi connectivity index (χ1v) is 6.97. The highest BCUT2D eigenvalue weighted by molar-refractivity contribution is 6.30. The number of nitrogens with zero attached hydrogens (tertiary/aromatic N) is 2. The van der Waals surface area contributed by atoms with Gasteiger partial charge in [0.15, 0.2) is 0 Å². The Hall–Kier alpha value is -1.04. The molecule has 0 spiro atoms. The quantitative estimate of drug-likeness (QED) is 0.824. The van der Waals surface area contributed by atoms with Gasteiger partial charge in [0.2, 0.25) is 0 Å². The molecule has 1 aromatic carbocycles. The van der Waals surface area contributed by atoms with E-state index in [1.165, 1.54) is 32.1 Å². The van der Waals surface area contributed by atoms with Crippen molar-refractivity contribution < 1.29 is 0 Å². The molecular formula is C15H19ClN2. The van der Waals surface area contributed by atoms with Gasteiger partial charge < -0.3 is 0 Å². The molecule has 1 aliphatic carbocycles. The molecule has 0 radical (unpaired) electrons. The van der Waals surface area contributed by atoms with Crippen molar-refractivity contribution >= 4 is 11.6 Å². The van der Waals surface area contributed by atoms with Crippen molar-refractivity contribution in [2.75, 3.05) is 7.05 Å². The van der Waals surface area contributed by atoms with Gasteiger partial charge in [-0.25, -0.2) is 0 Å². The van der Waals surface area contributed by atoms with Gasteiger partial charge in [-0.2, -0.15) is 5.26 Å². The first-order valence-electron chi connectivity index (χ1n) is 6.59. The number of halogens is 1. The van der Waals surface area contributed by atoms with Crippen LogP contribution in [0.3, 0.4) is 0 Å². The van der Waals surface area contributed by atoms with Crippen molar-refractivity contribution in [3.8, 4) is 6.07 Å². The number of hydrogen-bond donors (Lipinski definition) is 0. The lowest BCUT2D eigenvalue weighted by Crippen LogP contribution is -2.33. The topological polar surface area (TPSA) is 27.0 Å². The molecule has 3 heteroatoms. The molecule has 0 amide bonds. The molecule has 2 nitrogen and oxygen atoms in total. The average Bonchev–Trinajstić information content (AvgIpc) is 2.40. The summed E-state index contributed by atoms with van der Waals surface area (Å²) in [5.41, 5.74) is 1.78. The van der Waals surface area contributed by atoms with E-state index in [9.17, 15) is 0 Å². The lowest BCUT2D eigenvalue weighted by atomic mass is 9.94. The van der Waals surface area contributed by atoms with E-state index in [1.807, 2.05) is 12.1 Å². The molecule has 96 valence electrons. The minimum Gasteiger partial charge on any atom is -0.299 e. The van der Waals surface area contributed by atoms with Crippen molar-refractivity contribution in [2.24, 2.45) is 0 Å². The zero-order valence-corrected chi connectivity index (χ0v) is 11.6. The number of nitriles is 1. The minimum atomic E-state index is 0.657. The fourth-order valence-corrected chi connectivity index (χ4v) is 2.92. The van der Waals surface area contributed by atoms with E-state index in [2.05, 4.69) is 18.0 Å². The molecule has 0 atom stereocenters. The minimum absolute atomic E-state index is 0.657. The zero-order chi connectivity index (χ0) is 13.0.